The van der Waals surface area contributed by atoms with Crippen LogP contribution in [0.1, 0.15) is 11.1 Å². The number of anilines is 2. The van der Waals surface area contributed by atoms with Crippen molar-refractivity contribution in [2.45, 2.75) is 13.8 Å². The summed E-state index contributed by atoms with van der Waals surface area (Å²) in [7, 11) is 0. The molecular formula is C26H23NO. The lowest BCUT2D eigenvalue weighted by Crippen LogP contribution is -2.23. The number of hydrogen-bond acceptors (Lipinski definition) is 2. The van der Waals surface area contributed by atoms with Crippen LogP contribution in [0.4, 0.5) is 11.4 Å². The smallest absolute Gasteiger partial charge is 0.151 e. The lowest BCUT2D eigenvalue weighted by atomic mass is 9.96. The van der Waals surface area contributed by atoms with Crippen LogP contribution in [0.25, 0.3) is 11.1 Å². The number of hydrogen-bond donors (Lipinski definition) is 0. The van der Waals surface area contributed by atoms with E-state index in [1.807, 2.05) is 24.3 Å². The van der Waals surface area contributed by atoms with Gasteiger partial charge in [-0.25, -0.2) is 0 Å². The Labute approximate surface area is 166 Å². The van der Waals surface area contributed by atoms with Gasteiger partial charge in [0.05, 0.1) is 11.4 Å². The Morgan fingerprint density at radius 2 is 1.50 bits per heavy atom. The number of ether oxygens (including phenoxy) is 1. The first kappa shape index (κ1) is 17.9. The highest BCUT2D eigenvalue weighted by molar-refractivity contribution is 5.80. The number of fused-ring (bicyclic) bond motifs is 1. The second-order valence-electron chi connectivity index (χ2n) is 6.88. The minimum Gasteiger partial charge on any atom is -0.453 e. The molecule has 0 saturated carbocycles. The van der Waals surface area contributed by atoms with Crippen molar-refractivity contribution in [2.75, 3.05) is 4.90 Å². The third-order valence-electron chi connectivity index (χ3n) is 5.10. The Hall–Kier alpha value is -3.52. The maximum atomic E-state index is 6.02. The van der Waals surface area contributed by atoms with Gasteiger partial charge in [0.2, 0.25) is 0 Å². The van der Waals surface area contributed by atoms with Crippen LogP contribution < -0.4 is 9.64 Å². The van der Waals surface area contributed by atoms with Crippen molar-refractivity contribution in [1.29, 1.82) is 0 Å². The molecule has 1 aliphatic heterocycles. The Morgan fingerprint density at radius 1 is 0.786 bits per heavy atom. The normalized spacial score (nSPS) is 13.0. The van der Waals surface area contributed by atoms with Crippen LogP contribution in [-0.4, -0.2) is 0 Å². The molecule has 0 radical (unpaired) electrons. The van der Waals surface area contributed by atoms with Crippen LogP contribution in [0.3, 0.4) is 0 Å². The number of nitrogens with zero attached hydrogens (tertiary/aromatic N) is 1. The van der Waals surface area contributed by atoms with Crippen LogP contribution in [0.5, 0.6) is 5.75 Å². The van der Waals surface area contributed by atoms with Gasteiger partial charge in [-0.05, 0) is 72.5 Å². The molecule has 1 heterocycles. The summed E-state index contributed by atoms with van der Waals surface area (Å²) in [5, 5.41) is 0. The summed E-state index contributed by atoms with van der Waals surface area (Å²) in [4.78, 5) is 2.18. The minimum absolute atomic E-state index is 0.703. The molecule has 0 fully saturated rings. The molecule has 0 aliphatic carbocycles. The number of aryl methyl sites for hydroxylation is 2. The molecule has 0 aromatic heterocycles. The fraction of sp³-hybridized carbons (Fsp3) is 0.0769. The van der Waals surface area contributed by atoms with E-state index in [1.165, 1.54) is 22.3 Å². The van der Waals surface area contributed by atoms with Gasteiger partial charge >= 0.3 is 0 Å². The van der Waals surface area contributed by atoms with Gasteiger partial charge in [0.25, 0.3) is 0 Å². The number of benzene rings is 3. The van der Waals surface area contributed by atoms with Gasteiger partial charge in [0, 0.05) is 5.69 Å². The zero-order valence-corrected chi connectivity index (χ0v) is 16.3. The molecule has 138 valence electrons. The van der Waals surface area contributed by atoms with Crippen molar-refractivity contribution in [1.82, 2.24) is 0 Å². The van der Waals surface area contributed by atoms with E-state index in [-0.39, 0.29) is 0 Å². The number of para-hydroxylation sites is 2. The maximum Gasteiger partial charge on any atom is 0.151 e. The van der Waals surface area contributed by atoms with Crippen molar-refractivity contribution in [2.24, 2.45) is 0 Å². The Kier molecular flexibility index (Phi) is 4.62. The zero-order valence-electron chi connectivity index (χ0n) is 16.3. The molecule has 28 heavy (non-hydrogen) atoms. The predicted molar refractivity (Wildman–Crippen MR) is 118 cm³/mol. The first-order valence-corrected chi connectivity index (χ1v) is 9.37. The van der Waals surface area contributed by atoms with E-state index in [9.17, 15) is 0 Å². The molecule has 3 aromatic carbocycles. The van der Waals surface area contributed by atoms with Crippen molar-refractivity contribution in [3.05, 3.63) is 115 Å². The molecule has 0 unspecified atom stereocenters. The third kappa shape index (κ3) is 2.93. The highest BCUT2D eigenvalue weighted by Crippen LogP contribution is 2.43. The van der Waals surface area contributed by atoms with Gasteiger partial charge in [0.1, 0.15) is 0 Å². The standard InChI is InChI=1S/C26H23NO/c1-5-23-25(6-2)28-26-14-10-9-13-24(26)27(23)20-15-16-22(19(4)17-20)21-12-8-7-11-18(21)3/h5-17H,1-2H2,3-4H3. The van der Waals surface area contributed by atoms with Crippen molar-refractivity contribution in [3.8, 4) is 16.9 Å². The predicted octanol–water partition coefficient (Wildman–Crippen LogP) is 7.08. The lowest BCUT2D eigenvalue weighted by molar-refractivity contribution is 0.431. The summed E-state index contributed by atoms with van der Waals surface area (Å²) >= 11 is 0. The fourth-order valence-electron chi connectivity index (χ4n) is 3.72. The molecule has 3 aromatic rings. The molecule has 4 rings (SSSR count). The zero-order chi connectivity index (χ0) is 19.7. The molecule has 0 N–H and O–H groups in total. The lowest BCUT2D eigenvalue weighted by Gasteiger charge is -2.33. The Bertz CT molecular complexity index is 1110. The SMILES string of the molecule is C=CC1=C(C=C)N(c2ccc(-c3ccccc3C)c(C)c2)c2ccccc2O1. The summed E-state index contributed by atoms with van der Waals surface area (Å²) in [5.41, 5.74) is 7.95. The summed E-state index contributed by atoms with van der Waals surface area (Å²) in [6.45, 7) is 12.2. The quantitative estimate of drug-likeness (QED) is 0.489. The minimum atomic E-state index is 0.703. The van der Waals surface area contributed by atoms with E-state index in [4.69, 9.17) is 4.74 Å². The van der Waals surface area contributed by atoms with Gasteiger partial charge in [-0.2, -0.15) is 0 Å². The van der Waals surface area contributed by atoms with Crippen LogP contribution in [0.15, 0.2) is 103 Å². The van der Waals surface area contributed by atoms with E-state index < -0.39 is 0 Å². The van der Waals surface area contributed by atoms with Gasteiger partial charge in [-0.15, -0.1) is 0 Å². The highest BCUT2D eigenvalue weighted by atomic mass is 16.5. The molecule has 2 nitrogen and oxygen atoms in total. The third-order valence-corrected chi connectivity index (χ3v) is 5.10. The maximum absolute atomic E-state index is 6.02. The Morgan fingerprint density at radius 3 is 2.21 bits per heavy atom. The van der Waals surface area contributed by atoms with Crippen molar-refractivity contribution >= 4 is 11.4 Å². The van der Waals surface area contributed by atoms with Gasteiger partial charge in [0.15, 0.2) is 11.5 Å². The summed E-state index contributed by atoms with van der Waals surface area (Å²) < 4.78 is 6.02. The van der Waals surface area contributed by atoms with Crippen LogP contribution in [0.2, 0.25) is 0 Å². The summed E-state index contributed by atoms with van der Waals surface area (Å²) in [5.74, 6) is 1.51. The average molecular weight is 365 g/mol. The molecule has 0 amide bonds. The average Bonchev–Trinajstić information content (AvgIpc) is 2.72. The van der Waals surface area contributed by atoms with E-state index in [0.717, 1.165) is 22.8 Å². The topological polar surface area (TPSA) is 12.5 Å². The first-order valence-electron chi connectivity index (χ1n) is 9.37. The molecule has 1 aliphatic rings. The molecule has 0 atom stereocenters. The van der Waals surface area contributed by atoms with Gasteiger partial charge in [-0.1, -0.05) is 55.6 Å². The molecular weight excluding hydrogens is 342 g/mol. The van der Waals surface area contributed by atoms with Crippen LogP contribution in [-0.2, 0) is 0 Å². The Balaban J connectivity index is 1.87. The second kappa shape index (κ2) is 7.24. The number of rotatable bonds is 4. The van der Waals surface area contributed by atoms with Crippen molar-refractivity contribution in [3.63, 3.8) is 0 Å². The second-order valence-corrected chi connectivity index (χ2v) is 6.88. The van der Waals surface area contributed by atoms with Crippen LogP contribution in [0, 0.1) is 13.8 Å². The van der Waals surface area contributed by atoms with Crippen LogP contribution >= 0.6 is 0 Å². The fourth-order valence-corrected chi connectivity index (χ4v) is 3.72. The highest BCUT2D eigenvalue weighted by Gasteiger charge is 2.25. The molecule has 2 heteroatoms. The monoisotopic (exact) mass is 365 g/mol. The molecule has 0 bridgehead atoms. The van der Waals surface area contributed by atoms with Gasteiger partial charge < -0.3 is 9.64 Å². The number of allylic oxidation sites excluding steroid dienone is 2. The molecule has 0 spiro atoms. The summed E-state index contributed by atoms with van der Waals surface area (Å²) in [6.07, 6.45) is 3.55. The van der Waals surface area contributed by atoms with E-state index in [0.29, 0.717) is 5.76 Å². The molecule has 0 saturated heterocycles. The largest absolute Gasteiger partial charge is 0.453 e. The summed E-state index contributed by atoms with van der Waals surface area (Å²) in [6, 6.07) is 23.1. The first-order chi connectivity index (χ1) is 13.6. The van der Waals surface area contributed by atoms with E-state index in [2.05, 4.69) is 80.4 Å². The van der Waals surface area contributed by atoms with E-state index >= 15 is 0 Å². The van der Waals surface area contributed by atoms with E-state index in [1.54, 1.807) is 6.08 Å². The van der Waals surface area contributed by atoms with Gasteiger partial charge in [-0.3, -0.25) is 0 Å². The van der Waals surface area contributed by atoms with Crippen molar-refractivity contribution < 1.29 is 4.74 Å².